The van der Waals surface area contributed by atoms with Crippen LogP contribution in [0.5, 0.6) is 0 Å². The Hall–Kier alpha value is -2.46. The van der Waals surface area contributed by atoms with Crippen LogP contribution >= 0.6 is 0 Å². The highest BCUT2D eigenvalue weighted by Gasteiger charge is 2.07. The molecule has 0 radical (unpaired) electrons. The first-order valence-corrected chi connectivity index (χ1v) is 7.36. The molecule has 4 heteroatoms. The number of nitrogens with one attached hydrogen (secondary N) is 1. The maximum Gasteiger partial charge on any atom is 0.247 e. The zero-order valence-electron chi connectivity index (χ0n) is 12.8. The molecule has 0 bridgehead atoms. The normalized spacial score (nSPS) is 10.8. The summed E-state index contributed by atoms with van der Waals surface area (Å²) in [7, 11) is 0. The lowest BCUT2D eigenvalue weighted by molar-refractivity contribution is 0.477. The van der Waals surface area contributed by atoms with Gasteiger partial charge in [-0.1, -0.05) is 47.5 Å². The van der Waals surface area contributed by atoms with Gasteiger partial charge in [0.2, 0.25) is 11.8 Å². The lowest BCUT2D eigenvalue weighted by atomic mass is 10.1. The van der Waals surface area contributed by atoms with Gasteiger partial charge in [0.25, 0.3) is 0 Å². The second-order valence-corrected chi connectivity index (χ2v) is 5.46. The molecule has 0 spiro atoms. The molecule has 0 amide bonds. The Balaban J connectivity index is 1.57. The van der Waals surface area contributed by atoms with E-state index in [1.165, 1.54) is 16.7 Å². The molecule has 0 saturated heterocycles. The molecule has 4 nitrogen and oxygen atoms in total. The minimum atomic E-state index is 0.562. The van der Waals surface area contributed by atoms with E-state index in [0.717, 1.165) is 12.1 Å². The SMILES string of the molecule is Cc1ccc(CNCc2nnc(-c3ccc(C)cc3)o2)cc1. The van der Waals surface area contributed by atoms with Gasteiger partial charge < -0.3 is 9.73 Å². The number of rotatable bonds is 5. The van der Waals surface area contributed by atoms with Crippen LogP contribution in [-0.2, 0) is 13.1 Å². The van der Waals surface area contributed by atoms with Gasteiger partial charge in [0, 0.05) is 12.1 Å². The molecule has 1 aromatic heterocycles. The van der Waals surface area contributed by atoms with E-state index in [1.54, 1.807) is 0 Å². The summed E-state index contributed by atoms with van der Waals surface area (Å²) in [5, 5.41) is 11.5. The Labute approximate surface area is 130 Å². The average Bonchev–Trinajstić information content (AvgIpc) is 2.99. The van der Waals surface area contributed by atoms with Crippen molar-refractivity contribution in [2.75, 3.05) is 0 Å². The number of hydrogen-bond donors (Lipinski definition) is 1. The Morgan fingerprint density at radius 2 is 1.45 bits per heavy atom. The summed E-state index contributed by atoms with van der Waals surface area (Å²) in [4.78, 5) is 0. The molecule has 2 aromatic carbocycles. The second kappa shape index (κ2) is 6.54. The lowest BCUT2D eigenvalue weighted by Gasteiger charge is -2.02. The smallest absolute Gasteiger partial charge is 0.247 e. The predicted molar refractivity (Wildman–Crippen MR) is 86.2 cm³/mol. The Bertz CT molecular complexity index is 730. The van der Waals surface area contributed by atoms with E-state index in [9.17, 15) is 0 Å². The van der Waals surface area contributed by atoms with Crippen molar-refractivity contribution in [3.63, 3.8) is 0 Å². The van der Waals surface area contributed by atoms with E-state index in [0.29, 0.717) is 18.3 Å². The van der Waals surface area contributed by atoms with Gasteiger partial charge in [-0.25, -0.2) is 0 Å². The quantitative estimate of drug-likeness (QED) is 0.780. The Kier molecular flexibility index (Phi) is 4.30. The van der Waals surface area contributed by atoms with E-state index in [-0.39, 0.29) is 0 Å². The third-order valence-electron chi connectivity index (χ3n) is 3.49. The molecule has 1 heterocycles. The number of hydrogen-bond acceptors (Lipinski definition) is 4. The van der Waals surface area contributed by atoms with E-state index < -0.39 is 0 Å². The van der Waals surface area contributed by atoms with Crippen LogP contribution in [0.2, 0.25) is 0 Å². The lowest BCUT2D eigenvalue weighted by Crippen LogP contribution is -2.12. The molecule has 0 aliphatic carbocycles. The topological polar surface area (TPSA) is 51.0 Å². The highest BCUT2D eigenvalue weighted by molar-refractivity contribution is 5.52. The van der Waals surface area contributed by atoms with Gasteiger partial charge in [-0.15, -0.1) is 10.2 Å². The summed E-state index contributed by atoms with van der Waals surface area (Å²) in [5.41, 5.74) is 4.67. The molecular formula is C18H19N3O. The third kappa shape index (κ3) is 3.59. The molecule has 0 unspecified atom stereocenters. The van der Waals surface area contributed by atoms with Crippen molar-refractivity contribution in [3.8, 4) is 11.5 Å². The molecule has 0 atom stereocenters. The van der Waals surface area contributed by atoms with Gasteiger partial charge in [-0.3, -0.25) is 0 Å². The monoisotopic (exact) mass is 293 g/mol. The van der Waals surface area contributed by atoms with Gasteiger partial charge in [0.1, 0.15) is 0 Å². The molecule has 0 aliphatic heterocycles. The van der Waals surface area contributed by atoms with Crippen molar-refractivity contribution in [2.45, 2.75) is 26.9 Å². The van der Waals surface area contributed by atoms with E-state index in [2.05, 4.69) is 53.6 Å². The minimum Gasteiger partial charge on any atom is -0.419 e. The largest absolute Gasteiger partial charge is 0.419 e. The van der Waals surface area contributed by atoms with Crippen LogP contribution in [0.3, 0.4) is 0 Å². The van der Waals surface area contributed by atoms with Crippen LogP contribution in [0.4, 0.5) is 0 Å². The zero-order valence-corrected chi connectivity index (χ0v) is 12.8. The van der Waals surface area contributed by atoms with E-state index in [1.807, 2.05) is 24.3 Å². The standard InChI is InChI=1S/C18H19N3O/c1-13-3-7-15(8-4-13)11-19-12-17-20-21-18(22-17)16-9-5-14(2)6-10-16/h3-10,19H,11-12H2,1-2H3. The van der Waals surface area contributed by atoms with Crippen molar-refractivity contribution in [1.29, 1.82) is 0 Å². The summed E-state index contributed by atoms with van der Waals surface area (Å²) < 4.78 is 5.68. The summed E-state index contributed by atoms with van der Waals surface area (Å²) in [6.45, 7) is 5.48. The van der Waals surface area contributed by atoms with Crippen molar-refractivity contribution < 1.29 is 4.42 Å². The fourth-order valence-corrected chi connectivity index (χ4v) is 2.16. The highest BCUT2D eigenvalue weighted by Crippen LogP contribution is 2.18. The van der Waals surface area contributed by atoms with Gasteiger partial charge >= 0.3 is 0 Å². The first kappa shape index (κ1) is 14.5. The average molecular weight is 293 g/mol. The zero-order chi connectivity index (χ0) is 15.4. The minimum absolute atomic E-state index is 0.562. The summed E-state index contributed by atoms with van der Waals surface area (Å²) in [6, 6.07) is 16.5. The van der Waals surface area contributed by atoms with Crippen molar-refractivity contribution in [2.24, 2.45) is 0 Å². The number of nitrogens with zero attached hydrogens (tertiary/aromatic N) is 2. The van der Waals surface area contributed by atoms with Crippen molar-refractivity contribution in [3.05, 3.63) is 71.1 Å². The van der Waals surface area contributed by atoms with Crippen LogP contribution in [0.25, 0.3) is 11.5 Å². The summed E-state index contributed by atoms with van der Waals surface area (Å²) >= 11 is 0. The number of aromatic nitrogens is 2. The number of aryl methyl sites for hydroxylation is 2. The molecule has 22 heavy (non-hydrogen) atoms. The second-order valence-electron chi connectivity index (χ2n) is 5.46. The van der Waals surface area contributed by atoms with Crippen LogP contribution in [0.1, 0.15) is 22.6 Å². The molecule has 1 N–H and O–H groups in total. The first-order chi connectivity index (χ1) is 10.7. The first-order valence-electron chi connectivity index (χ1n) is 7.36. The van der Waals surface area contributed by atoms with Gasteiger partial charge in [0.05, 0.1) is 6.54 Å². The molecule has 0 fully saturated rings. The molecule has 3 rings (SSSR count). The Morgan fingerprint density at radius 3 is 2.14 bits per heavy atom. The molecule has 3 aromatic rings. The summed E-state index contributed by atoms with van der Waals surface area (Å²) in [6.07, 6.45) is 0. The van der Waals surface area contributed by atoms with Crippen LogP contribution in [-0.4, -0.2) is 10.2 Å². The van der Waals surface area contributed by atoms with Gasteiger partial charge in [-0.05, 0) is 31.5 Å². The van der Waals surface area contributed by atoms with Crippen LogP contribution < -0.4 is 5.32 Å². The molecule has 0 saturated carbocycles. The highest BCUT2D eigenvalue weighted by atomic mass is 16.4. The van der Waals surface area contributed by atoms with Gasteiger partial charge in [0.15, 0.2) is 0 Å². The van der Waals surface area contributed by atoms with Gasteiger partial charge in [-0.2, -0.15) is 0 Å². The number of benzene rings is 2. The fourth-order valence-electron chi connectivity index (χ4n) is 2.16. The molecule has 0 aliphatic rings. The van der Waals surface area contributed by atoms with Crippen molar-refractivity contribution >= 4 is 0 Å². The van der Waals surface area contributed by atoms with Crippen LogP contribution in [0, 0.1) is 13.8 Å². The van der Waals surface area contributed by atoms with Crippen molar-refractivity contribution in [1.82, 2.24) is 15.5 Å². The predicted octanol–water partition coefficient (Wildman–Crippen LogP) is 3.64. The molecule has 112 valence electrons. The van der Waals surface area contributed by atoms with Crippen LogP contribution in [0.15, 0.2) is 52.9 Å². The third-order valence-corrected chi connectivity index (χ3v) is 3.49. The maximum absolute atomic E-state index is 5.68. The maximum atomic E-state index is 5.68. The van der Waals surface area contributed by atoms with E-state index in [4.69, 9.17) is 4.42 Å². The molecular weight excluding hydrogens is 274 g/mol. The summed E-state index contributed by atoms with van der Waals surface area (Å²) in [5.74, 6) is 1.16. The Morgan fingerprint density at radius 1 is 0.818 bits per heavy atom. The van der Waals surface area contributed by atoms with E-state index >= 15 is 0 Å². The fraction of sp³-hybridized carbons (Fsp3) is 0.222.